The number of nitrogens with zero attached hydrogens (tertiary/aromatic N) is 5. The number of aliphatic hydroxyl groups excluding tert-OH is 1. The van der Waals surface area contributed by atoms with Gasteiger partial charge in [0.15, 0.2) is 29.4 Å². The highest BCUT2D eigenvalue weighted by Gasteiger charge is 2.57. The third-order valence-electron chi connectivity index (χ3n) is 6.81. The van der Waals surface area contributed by atoms with Gasteiger partial charge in [0.1, 0.15) is 23.5 Å². The Bertz CT molecular complexity index is 1490. The first-order valence-electron chi connectivity index (χ1n) is 14.1. The maximum atomic E-state index is 15.8. The van der Waals surface area contributed by atoms with Crippen LogP contribution in [0.5, 0.6) is 5.75 Å². The van der Waals surface area contributed by atoms with Crippen molar-refractivity contribution in [2.75, 3.05) is 36.7 Å². The molecule has 0 spiro atoms. The molecule has 0 aliphatic carbocycles. The van der Waals surface area contributed by atoms with E-state index >= 15 is 4.39 Å². The fourth-order valence-corrected chi connectivity index (χ4v) is 6.49. The molecule has 4 N–H and O–H groups in total. The van der Waals surface area contributed by atoms with Gasteiger partial charge < -0.3 is 29.7 Å². The minimum atomic E-state index is -4.38. The lowest BCUT2D eigenvalue weighted by Crippen LogP contribution is -2.48. The number of fused-ring (bicyclic) bond motifs is 1. The fraction of sp³-hybridized carbons (Fsp3) is 0.556. The number of aliphatic hydroxyl groups is 1. The van der Waals surface area contributed by atoms with E-state index in [1.54, 1.807) is 32.0 Å². The number of rotatable bonds is 14. The van der Waals surface area contributed by atoms with Crippen molar-refractivity contribution in [2.24, 2.45) is 0 Å². The van der Waals surface area contributed by atoms with Crippen molar-refractivity contribution >= 4 is 48.2 Å². The number of esters is 1. The summed E-state index contributed by atoms with van der Waals surface area (Å²) in [5.41, 5.74) is 4.61. The summed E-state index contributed by atoms with van der Waals surface area (Å²) in [6.45, 7) is 6.73. The first-order chi connectivity index (χ1) is 20.8. The molecule has 17 heteroatoms. The van der Waals surface area contributed by atoms with Crippen molar-refractivity contribution in [3.8, 4) is 5.75 Å². The lowest BCUT2D eigenvalue weighted by atomic mass is 9.99. The smallest absolute Gasteiger partial charge is 0.459 e. The van der Waals surface area contributed by atoms with Gasteiger partial charge in [-0.1, -0.05) is 25.1 Å². The molecule has 4 rings (SSSR count). The van der Waals surface area contributed by atoms with Crippen LogP contribution in [0.1, 0.15) is 40.3 Å². The predicted molar refractivity (Wildman–Crippen MR) is 162 cm³/mol. The second-order valence-corrected chi connectivity index (χ2v) is 12.7. The number of para-hydroxylation sites is 1. The molecule has 14 nitrogen and oxygen atoms in total. The topological polar surface area (TPSA) is 176 Å². The van der Waals surface area contributed by atoms with E-state index in [2.05, 4.69) is 20.0 Å². The third kappa shape index (κ3) is 7.24. The quantitative estimate of drug-likeness (QED) is 0.130. The van der Waals surface area contributed by atoms with E-state index < -0.39 is 62.5 Å². The van der Waals surface area contributed by atoms with E-state index in [1.807, 2.05) is 18.9 Å². The Morgan fingerprint density at radius 1 is 1.32 bits per heavy atom. The van der Waals surface area contributed by atoms with E-state index in [0.29, 0.717) is 17.9 Å². The Labute approximate surface area is 259 Å². The Morgan fingerprint density at radius 3 is 2.66 bits per heavy atom. The van der Waals surface area contributed by atoms with Gasteiger partial charge in [0.2, 0.25) is 5.95 Å². The molecule has 6 atom stereocenters. The molecule has 0 amide bonds. The summed E-state index contributed by atoms with van der Waals surface area (Å²) in [7, 11) is -2.56. The maximum absolute atomic E-state index is 15.8. The van der Waals surface area contributed by atoms with Crippen LogP contribution in [0.4, 0.5) is 16.2 Å². The van der Waals surface area contributed by atoms with Crippen LogP contribution in [-0.4, -0.2) is 86.7 Å². The summed E-state index contributed by atoms with van der Waals surface area (Å²) >= 11 is 6.27. The van der Waals surface area contributed by atoms with Crippen molar-refractivity contribution in [3.63, 3.8) is 0 Å². The Morgan fingerprint density at radius 2 is 2.02 bits per heavy atom. The molecule has 1 aromatic carbocycles. The van der Waals surface area contributed by atoms with Crippen molar-refractivity contribution in [2.45, 2.75) is 70.4 Å². The summed E-state index contributed by atoms with van der Waals surface area (Å²) in [5, 5.41) is 13.6. The van der Waals surface area contributed by atoms with Gasteiger partial charge in [-0.25, -0.2) is 13.9 Å². The molecule has 0 unspecified atom stereocenters. The average Bonchev–Trinajstić information content (AvgIpc) is 3.50. The third-order valence-corrected chi connectivity index (χ3v) is 8.89. The van der Waals surface area contributed by atoms with Gasteiger partial charge in [-0.3, -0.25) is 13.9 Å². The summed E-state index contributed by atoms with van der Waals surface area (Å²) in [5.74, 6) is -0.619. The fourth-order valence-electron chi connectivity index (χ4n) is 4.64. The molecule has 1 aliphatic rings. The monoisotopic (exact) mass is 657 g/mol. The van der Waals surface area contributed by atoms with Crippen LogP contribution in [0, 0.1) is 0 Å². The van der Waals surface area contributed by atoms with Crippen LogP contribution >= 0.6 is 19.3 Å². The number of hydrogen-bond acceptors (Lipinski definition) is 12. The van der Waals surface area contributed by atoms with Crippen molar-refractivity contribution in [1.82, 2.24) is 24.6 Å². The molecule has 0 bridgehead atoms. The number of carbonyl (C=O) groups excluding carboxylic acids is 1. The Kier molecular flexibility index (Phi) is 10.7. The van der Waals surface area contributed by atoms with Crippen LogP contribution in [-0.2, 0) is 23.4 Å². The zero-order valence-corrected chi connectivity index (χ0v) is 26.7. The SMILES string of the molecule is CCCN(C)c1nc(N)nc2c1ncn2[C@@H]1O[C@](CCl)(CO[P@](=O)(N[C@@H](C)C(=O)OC(C)C)Oc2ccccc2)[C@@H](O)[C@@H]1F. The molecule has 1 saturated heterocycles. The van der Waals surface area contributed by atoms with E-state index in [4.69, 9.17) is 35.9 Å². The number of nitrogens with one attached hydrogen (secondary N) is 1. The standard InChI is InChI=1S/C27H38ClFN7O7P/c1-6-12-35(5)22-20-23(33-26(30)32-22)36(15-31-20)24-19(29)21(37)27(13-28,42-24)14-40-44(39,43-18-10-8-7-9-11-18)34-17(4)25(38)41-16(2)3/h7-11,15-17,19,21,24,37H,6,12-14H2,1-5H3,(H,34,39)(H2,30,32,33)/t17-,19-,21-,24+,27+,44+/m0/s1. The molecule has 1 fully saturated rings. The zero-order chi connectivity index (χ0) is 32.2. The van der Waals surface area contributed by atoms with E-state index in [-0.39, 0.29) is 17.3 Å². The number of nitrogen functional groups attached to an aromatic ring is 1. The maximum Gasteiger partial charge on any atom is 0.459 e. The van der Waals surface area contributed by atoms with Crippen molar-refractivity contribution < 1.29 is 37.4 Å². The molecule has 1 aliphatic heterocycles. The van der Waals surface area contributed by atoms with E-state index in [1.165, 1.54) is 30.0 Å². The first-order valence-corrected chi connectivity index (χ1v) is 16.2. The highest BCUT2D eigenvalue weighted by atomic mass is 35.5. The van der Waals surface area contributed by atoms with Gasteiger partial charge in [-0.05, 0) is 39.3 Å². The predicted octanol–water partition coefficient (Wildman–Crippen LogP) is 3.59. The second kappa shape index (κ2) is 13.9. The summed E-state index contributed by atoms with van der Waals surface area (Å²) in [6.07, 6.45) is -3.62. The number of imidazole rings is 1. The van der Waals surface area contributed by atoms with Gasteiger partial charge in [-0.2, -0.15) is 15.1 Å². The molecule has 242 valence electrons. The van der Waals surface area contributed by atoms with Gasteiger partial charge in [0.05, 0.1) is 24.9 Å². The van der Waals surface area contributed by atoms with E-state index in [9.17, 15) is 14.5 Å². The number of carbonyl (C=O) groups is 1. The Balaban J connectivity index is 1.62. The van der Waals surface area contributed by atoms with Crippen molar-refractivity contribution in [1.29, 1.82) is 0 Å². The molecular weight excluding hydrogens is 620 g/mol. The minimum absolute atomic E-state index is 0.0618. The van der Waals surface area contributed by atoms with Crippen LogP contribution in [0.15, 0.2) is 36.7 Å². The summed E-state index contributed by atoms with van der Waals surface area (Å²) in [4.78, 5) is 27.2. The molecule has 3 heterocycles. The highest BCUT2D eigenvalue weighted by Crippen LogP contribution is 2.49. The minimum Gasteiger partial charge on any atom is -0.462 e. The molecular formula is C27H38ClFN7O7P. The average molecular weight is 658 g/mol. The van der Waals surface area contributed by atoms with Gasteiger partial charge >= 0.3 is 13.7 Å². The highest BCUT2D eigenvalue weighted by molar-refractivity contribution is 7.52. The largest absolute Gasteiger partial charge is 0.462 e. The number of benzene rings is 1. The molecule has 2 aromatic heterocycles. The van der Waals surface area contributed by atoms with Crippen molar-refractivity contribution in [3.05, 3.63) is 36.7 Å². The Hall–Kier alpha value is -3.07. The molecule has 0 radical (unpaired) electrons. The van der Waals surface area contributed by atoms with Crippen LogP contribution in [0.3, 0.4) is 0 Å². The number of alkyl halides is 2. The molecule has 3 aromatic rings. The number of aromatic nitrogens is 4. The number of anilines is 2. The van der Waals surface area contributed by atoms with E-state index in [0.717, 1.165) is 6.42 Å². The normalized spacial score (nSPS) is 23.9. The lowest BCUT2D eigenvalue weighted by Gasteiger charge is -2.31. The van der Waals surface area contributed by atoms with Crippen LogP contribution < -0.4 is 20.2 Å². The zero-order valence-electron chi connectivity index (χ0n) is 25.1. The lowest BCUT2D eigenvalue weighted by molar-refractivity contribution is -0.149. The van der Waals surface area contributed by atoms with Crippen LogP contribution in [0.25, 0.3) is 11.2 Å². The molecule has 44 heavy (non-hydrogen) atoms. The number of nitrogens with two attached hydrogens (primary N) is 1. The number of ether oxygens (including phenoxy) is 2. The summed E-state index contributed by atoms with van der Waals surface area (Å²) < 4.78 is 53.7. The van der Waals surface area contributed by atoms with Gasteiger partial charge in [-0.15, -0.1) is 11.6 Å². The van der Waals surface area contributed by atoms with Gasteiger partial charge in [0.25, 0.3) is 0 Å². The second-order valence-electron chi connectivity index (χ2n) is 10.8. The first kappa shape index (κ1) is 33.8. The number of hydrogen-bond donors (Lipinski definition) is 3. The summed E-state index contributed by atoms with van der Waals surface area (Å²) in [6, 6.07) is 6.96. The number of halogens is 2. The van der Waals surface area contributed by atoms with Gasteiger partial charge in [0, 0.05) is 13.6 Å². The van der Waals surface area contributed by atoms with Crippen LogP contribution in [0.2, 0.25) is 0 Å². The molecule has 0 saturated carbocycles.